The maximum atomic E-state index is 12.4. The summed E-state index contributed by atoms with van der Waals surface area (Å²) in [6, 6.07) is 9.57. The van der Waals surface area contributed by atoms with Gasteiger partial charge in [0.2, 0.25) is 10.0 Å². The standard InChI is InChI=1S/C18H22N4O3S/c23-18(22-11-2-1-3-12-22)21-16-6-8-17(9-7-16)26(24,25)20-14-15-5-4-10-19-13-15/h4-10,13,20H,1-3,11-12,14H2,(H,21,23). The van der Waals surface area contributed by atoms with E-state index in [0.717, 1.165) is 37.9 Å². The lowest BCUT2D eigenvalue weighted by Crippen LogP contribution is -2.38. The van der Waals surface area contributed by atoms with Gasteiger partial charge in [-0.25, -0.2) is 17.9 Å². The third kappa shape index (κ3) is 4.80. The molecule has 8 heteroatoms. The van der Waals surface area contributed by atoms with Gasteiger partial charge in [0.15, 0.2) is 0 Å². The van der Waals surface area contributed by atoms with E-state index in [1.807, 2.05) is 0 Å². The molecule has 2 heterocycles. The molecule has 7 nitrogen and oxygen atoms in total. The molecule has 1 aliphatic rings. The maximum absolute atomic E-state index is 12.4. The van der Waals surface area contributed by atoms with Gasteiger partial charge in [0.25, 0.3) is 0 Å². The summed E-state index contributed by atoms with van der Waals surface area (Å²) in [5, 5.41) is 2.81. The number of nitrogens with one attached hydrogen (secondary N) is 2. The normalized spacial score (nSPS) is 14.8. The first-order valence-electron chi connectivity index (χ1n) is 8.59. The first-order valence-corrected chi connectivity index (χ1v) is 10.1. The lowest BCUT2D eigenvalue weighted by atomic mass is 10.1. The van der Waals surface area contributed by atoms with E-state index in [4.69, 9.17) is 0 Å². The molecule has 0 radical (unpaired) electrons. The molecule has 26 heavy (non-hydrogen) atoms. The Bertz CT molecular complexity index is 832. The van der Waals surface area contributed by atoms with Gasteiger partial charge < -0.3 is 10.2 Å². The number of piperidine rings is 1. The number of sulfonamides is 1. The van der Waals surface area contributed by atoms with Crippen molar-refractivity contribution in [1.82, 2.24) is 14.6 Å². The fourth-order valence-corrected chi connectivity index (χ4v) is 3.80. The summed E-state index contributed by atoms with van der Waals surface area (Å²) in [6.45, 7) is 1.69. The summed E-state index contributed by atoms with van der Waals surface area (Å²) < 4.78 is 27.3. The second-order valence-electron chi connectivity index (χ2n) is 6.19. The predicted octanol–water partition coefficient (Wildman–Crippen LogP) is 2.58. The van der Waals surface area contributed by atoms with Crippen molar-refractivity contribution in [3.05, 3.63) is 54.4 Å². The summed E-state index contributed by atoms with van der Waals surface area (Å²) in [6.07, 6.45) is 6.44. The van der Waals surface area contributed by atoms with Crippen molar-refractivity contribution in [2.75, 3.05) is 18.4 Å². The molecule has 1 aromatic heterocycles. The molecule has 1 saturated heterocycles. The molecule has 0 bridgehead atoms. The smallest absolute Gasteiger partial charge is 0.321 e. The van der Waals surface area contributed by atoms with Crippen LogP contribution in [0, 0.1) is 0 Å². The van der Waals surface area contributed by atoms with E-state index in [1.165, 1.54) is 12.1 Å². The summed E-state index contributed by atoms with van der Waals surface area (Å²) >= 11 is 0. The van der Waals surface area contributed by atoms with Gasteiger partial charge in [-0.2, -0.15) is 0 Å². The Kier molecular flexibility index (Phi) is 5.85. The highest BCUT2D eigenvalue weighted by atomic mass is 32.2. The van der Waals surface area contributed by atoms with Crippen molar-refractivity contribution >= 4 is 21.7 Å². The first kappa shape index (κ1) is 18.3. The Morgan fingerprint density at radius 2 is 1.81 bits per heavy atom. The molecule has 1 fully saturated rings. The molecular weight excluding hydrogens is 352 g/mol. The van der Waals surface area contributed by atoms with Gasteiger partial charge in [0.05, 0.1) is 4.90 Å². The van der Waals surface area contributed by atoms with Gasteiger partial charge in [0.1, 0.15) is 0 Å². The van der Waals surface area contributed by atoms with Crippen molar-refractivity contribution in [2.24, 2.45) is 0 Å². The van der Waals surface area contributed by atoms with Crippen molar-refractivity contribution in [2.45, 2.75) is 30.7 Å². The Morgan fingerprint density at radius 3 is 2.46 bits per heavy atom. The molecule has 138 valence electrons. The molecule has 1 aliphatic heterocycles. The van der Waals surface area contributed by atoms with Crippen molar-refractivity contribution < 1.29 is 13.2 Å². The van der Waals surface area contributed by atoms with Crippen molar-refractivity contribution in [1.29, 1.82) is 0 Å². The Balaban J connectivity index is 1.60. The van der Waals surface area contributed by atoms with Gasteiger partial charge >= 0.3 is 6.03 Å². The van der Waals surface area contributed by atoms with Crippen LogP contribution in [-0.2, 0) is 16.6 Å². The van der Waals surface area contributed by atoms with Crippen LogP contribution in [0.2, 0.25) is 0 Å². The number of rotatable bonds is 5. The quantitative estimate of drug-likeness (QED) is 0.841. The van der Waals surface area contributed by atoms with Gasteiger partial charge in [-0.15, -0.1) is 0 Å². The van der Waals surface area contributed by atoms with Crippen molar-refractivity contribution in [3.8, 4) is 0 Å². The number of hydrogen-bond donors (Lipinski definition) is 2. The molecule has 3 rings (SSSR count). The van der Waals surface area contributed by atoms with Gasteiger partial charge in [-0.1, -0.05) is 6.07 Å². The Hall–Kier alpha value is -2.45. The van der Waals surface area contributed by atoms with Crippen LogP contribution in [0.15, 0.2) is 53.7 Å². The minimum absolute atomic E-state index is 0.144. The number of anilines is 1. The highest BCUT2D eigenvalue weighted by Gasteiger charge is 2.17. The highest BCUT2D eigenvalue weighted by molar-refractivity contribution is 7.89. The maximum Gasteiger partial charge on any atom is 0.321 e. The number of carbonyl (C=O) groups is 1. The van der Waals surface area contributed by atoms with E-state index in [9.17, 15) is 13.2 Å². The minimum Gasteiger partial charge on any atom is -0.325 e. The number of nitrogens with zero attached hydrogens (tertiary/aromatic N) is 2. The molecule has 0 aliphatic carbocycles. The van der Waals surface area contributed by atoms with Gasteiger partial charge in [-0.3, -0.25) is 4.98 Å². The molecule has 0 saturated carbocycles. The van der Waals surface area contributed by atoms with E-state index in [2.05, 4.69) is 15.0 Å². The topological polar surface area (TPSA) is 91.4 Å². The number of pyridine rings is 1. The summed E-state index contributed by atoms with van der Waals surface area (Å²) in [7, 11) is -3.63. The van der Waals surface area contributed by atoms with Crippen LogP contribution in [0.4, 0.5) is 10.5 Å². The van der Waals surface area contributed by atoms with Crippen LogP contribution in [-0.4, -0.2) is 37.4 Å². The minimum atomic E-state index is -3.63. The number of carbonyl (C=O) groups excluding carboxylic acids is 1. The predicted molar refractivity (Wildman–Crippen MR) is 99.1 cm³/mol. The number of urea groups is 1. The summed E-state index contributed by atoms with van der Waals surface area (Å²) in [5.41, 5.74) is 1.35. The molecule has 0 spiro atoms. The fourth-order valence-electron chi connectivity index (χ4n) is 2.78. The zero-order chi connectivity index (χ0) is 18.4. The monoisotopic (exact) mass is 374 g/mol. The van der Waals surface area contributed by atoms with E-state index < -0.39 is 10.0 Å². The Morgan fingerprint density at radius 1 is 1.08 bits per heavy atom. The highest BCUT2D eigenvalue weighted by Crippen LogP contribution is 2.16. The number of amides is 2. The average Bonchev–Trinajstić information content (AvgIpc) is 2.68. The number of benzene rings is 1. The molecule has 1 aromatic carbocycles. The number of likely N-dealkylation sites (tertiary alicyclic amines) is 1. The largest absolute Gasteiger partial charge is 0.325 e. The zero-order valence-corrected chi connectivity index (χ0v) is 15.2. The fraction of sp³-hybridized carbons (Fsp3) is 0.333. The molecule has 2 amide bonds. The van der Waals surface area contributed by atoms with Crippen LogP contribution in [0.25, 0.3) is 0 Å². The van der Waals surface area contributed by atoms with Crippen molar-refractivity contribution in [3.63, 3.8) is 0 Å². The molecule has 0 unspecified atom stereocenters. The molecule has 0 atom stereocenters. The van der Waals surface area contributed by atoms with Crippen LogP contribution in [0.3, 0.4) is 0 Å². The number of aromatic nitrogens is 1. The van der Waals surface area contributed by atoms with Gasteiger partial charge in [-0.05, 0) is 55.2 Å². The first-order chi connectivity index (χ1) is 12.5. The van der Waals surface area contributed by atoms with Gasteiger partial charge in [0, 0.05) is 37.7 Å². The SMILES string of the molecule is O=C(Nc1ccc(S(=O)(=O)NCc2cccnc2)cc1)N1CCCCC1. The lowest BCUT2D eigenvalue weighted by Gasteiger charge is -2.26. The van der Waals surface area contributed by atoms with E-state index in [0.29, 0.717) is 5.69 Å². The number of hydrogen-bond acceptors (Lipinski definition) is 4. The molecule has 2 aromatic rings. The third-order valence-electron chi connectivity index (χ3n) is 4.25. The van der Waals surface area contributed by atoms with Crippen LogP contribution in [0.5, 0.6) is 0 Å². The summed E-state index contributed by atoms with van der Waals surface area (Å²) in [5.74, 6) is 0. The van der Waals surface area contributed by atoms with E-state index in [1.54, 1.807) is 41.6 Å². The molecular formula is C18H22N4O3S. The summed E-state index contributed by atoms with van der Waals surface area (Å²) in [4.78, 5) is 18.1. The molecule has 2 N–H and O–H groups in total. The van der Waals surface area contributed by atoms with E-state index in [-0.39, 0.29) is 17.5 Å². The van der Waals surface area contributed by atoms with E-state index >= 15 is 0 Å². The zero-order valence-electron chi connectivity index (χ0n) is 14.4. The average molecular weight is 374 g/mol. The second kappa shape index (κ2) is 8.29. The Labute approximate surface area is 153 Å². The second-order valence-corrected chi connectivity index (χ2v) is 7.96. The van der Waals surface area contributed by atoms with Crippen LogP contribution in [0.1, 0.15) is 24.8 Å². The van der Waals surface area contributed by atoms with Crippen LogP contribution >= 0.6 is 0 Å². The third-order valence-corrected chi connectivity index (χ3v) is 5.67. The van der Waals surface area contributed by atoms with Crippen LogP contribution < -0.4 is 10.0 Å². The lowest BCUT2D eigenvalue weighted by molar-refractivity contribution is 0.200.